The Kier molecular flexibility index (Phi) is 3.83. The zero-order valence-corrected chi connectivity index (χ0v) is 8.78. The molecular weight excluding hydrogens is 204 g/mol. The molecule has 0 N–H and O–H groups in total. The van der Waals surface area contributed by atoms with Gasteiger partial charge in [-0.15, -0.1) is 0 Å². The van der Waals surface area contributed by atoms with Gasteiger partial charge in [0, 0.05) is 6.42 Å². The molecule has 14 heavy (non-hydrogen) atoms. The number of esters is 1. The molecule has 0 saturated carbocycles. The molecule has 0 atom stereocenters. The number of nitrogens with zero attached hydrogens (tertiary/aromatic N) is 2. The van der Waals surface area contributed by atoms with E-state index in [1.165, 1.54) is 12.4 Å². The normalized spacial score (nSPS) is 10.3. The van der Waals surface area contributed by atoms with Crippen LogP contribution in [0.3, 0.4) is 0 Å². The van der Waals surface area contributed by atoms with E-state index in [2.05, 4.69) is 9.97 Å². The molecule has 0 spiro atoms. The molecule has 0 aliphatic heterocycles. The molecular formula is C9H11ClN2O2. The van der Waals surface area contributed by atoms with Gasteiger partial charge in [0.15, 0.2) is 5.75 Å². The van der Waals surface area contributed by atoms with E-state index in [-0.39, 0.29) is 17.2 Å². The van der Waals surface area contributed by atoms with Crippen molar-refractivity contribution in [1.82, 2.24) is 9.97 Å². The van der Waals surface area contributed by atoms with Gasteiger partial charge in [0.2, 0.25) is 5.28 Å². The van der Waals surface area contributed by atoms with E-state index < -0.39 is 0 Å². The van der Waals surface area contributed by atoms with Crippen molar-refractivity contribution >= 4 is 17.6 Å². The standard InChI is InChI=1S/C9H11ClN2O2/c1-6(2)3-8(13)14-7-4-11-9(10)12-5-7/h4-6H,3H2,1-2H3. The van der Waals surface area contributed by atoms with Crippen LogP contribution in [0.1, 0.15) is 20.3 Å². The number of rotatable bonds is 3. The van der Waals surface area contributed by atoms with Crippen molar-refractivity contribution in [2.24, 2.45) is 5.92 Å². The Morgan fingerprint density at radius 1 is 1.50 bits per heavy atom. The quantitative estimate of drug-likeness (QED) is 0.571. The largest absolute Gasteiger partial charge is 0.423 e. The summed E-state index contributed by atoms with van der Waals surface area (Å²) in [7, 11) is 0. The summed E-state index contributed by atoms with van der Waals surface area (Å²) in [6.07, 6.45) is 3.11. The van der Waals surface area contributed by atoms with Gasteiger partial charge in [-0.2, -0.15) is 0 Å². The minimum atomic E-state index is -0.286. The SMILES string of the molecule is CC(C)CC(=O)Oc1cnc(Cl)nc1. The fourth-order valence-electron chi connectivity index (χ4n) is 0.860. The molecule has 1 rings (SSSR count). The zero-order chi connectivity index (χ0) is 10.6. The lowest BCUT2D eigenvalue weighted by atomic mass is 10.1. The Hall–Kier alpha value is -1.16. The van der Waals surface area contributed by atoms with Gasteiger partial charge in [-0.05, 0) is 17.5 Å². The van der Waals surface area contributed by atoms with Gasteiger partial charge in [0.05, 0.1) is 12.4 Å². The van der Waals surface area contributed by atoms with Crippen LogP contribution in [0.25, 0.3) is 0 Å². The maximum atomic E-state index is 11.2. The summed E-state index contributed by atoms with van der Waals surface area (Å²) in [6, 6.07) is 0. The molecule has 0 amide bonds. The second kappa shape index (κ2) is 4.91. The fourth-order valence-corrected chi connectivity index (χ4v) is 0.957. The van der Waals surface area contributed by atoms with Gasteiger partial charge in [0.25, 0.3) is 0 Å². The predicted octanol–water partition coefficient (Wildman–Crippen LogP) is 2.08. The Bertz CT molecular complexity index is 311. The number of aromatic nitrogens is 2. The predicted molar refractivity (Wildman–Crippen MR) is 52.1 cm³/mol. The Morgan fingerprint density at radius 3 is 2.57 bits per heavy atom. The Balaban J connectivity index is 2.52. The summed E-state index contributed by atoms with van der Waals surface area (Å²) in [6.45, 7) is 3.89. The maximum Gasteiger partial charge on any atom is 0.311 e. The lowest BCUT2D eigenvalue weighted by Gasteiger charge is -2.04. The second-order valence-electron chi connectivity index (χ2n) is 3.26. The van der Waals surface area contributed by atoms with E-state index in [9.17, 15) is 4.79 Å². The first kappa shape index (κ1) is 10.9. The number of ether oxygens (including phenoxy) is 1. The van der Waals surface area contributed by atoms with E-state index in [0.29, 0.717) is 12.2 Å². The van der Waals surface area contributed by atoms with Crippen LogP contribution >= 0.6 is 11.6 Å². The first-order valence-corrected chi connectivity index (χ1v) is 4.64. The molecule has 4 nitrogen and oxygen atoms in total. The van der Waals surface area contributed by atoms with E-state index in [4.69, 9.17) is 16.3 Å². The summed E-state index contributed by atoms with van der Waals surface area (Å²) < 4.78 is 4.96. The van der Waals surface area contributed by atoms with Crippen molar-refractivity contribution in [2.75, 3.05) is 0 Å². The van der Waals surface area contributed by atoms with Gasteiger partial charge >= 0.3 is 5.97 Å². The van der Waals surface area contributed by atoms with Gasteiger partial charge < -0.3 is 4.74 Å². The van der Waals surface area contributed by atoms with Gasteiger partial charge in [0.1, 0.15) is 0 Å². The zero-order valence-electron chi connectivity index (χ0n) is 8.03. The molecule has 1 heterocycles. The topological polar surface area (TPSA) is 52.1 Å². The van der Waals surface area contributed by atoms with Crippen molar-refractivity contribution in [3.05, 3.63) is 17.7 Å². The molecule has 0 radical (unpaired) electrons. The van der Waals surface area contributed by atoms with Gasteiger partial charge in [-0.25, -0.2) is 9.97 Å². The van der Waals surface area contributed by atoms with Crippen LogP contribution < -0.4 is 4.74 Å². The molecule has 0 aliphatic rings. The highest BCUT2D eigenvalue weighted by Crippen LogP contribution is 2.10. The highest BCUT2D eigenvalue weighted by Gasteiger charge is 2.07. The molecule has 0 unspecified atom stereocenters. The third-order valence-electron chi connectivity index (χ3n) is 1.40. The highest BCUT2D eigenvalue weighted by molar-refractivity contribution is 6.28. The number of halogens is 1. The van der Waals surface area contributed by atoms with Crippen LogP contribution in [0, 0.1) is 5.92 Å². The Morgan fingerprint density at radius 2 is 2.07 bits per heavy atom. The van der Waals surface area contributed by atoms with E-state index in [1.54, 1.807) is 0 Å². The molecule has 0 saturated heterocycles. The van der Waals surface area contributed by atoms with Crippen molar-refractivity contribution in [2.45, 2.75) is 20.3 Å². The summed E-state index contributed by atoms with van der Waals surface area (Å²) >= 11 is 5.47. The number of carbonyl (C=O) groups excluding carboxylic acids is 1. The van der Waals surface area contributed by atoms with Crippen LogP contribution in [0.4, 0.5) is 0 Å². The monoisotopic (exact) mass is 214 g/mol. The average Bonchev–Trinajstić information content (AvgIpc) is 2.07. The minimum absolute atomic E-state index is 0.133. The summed E-state index contributed by atoms with van der Waals surface area (Å²) in [5.41, 5.74) is 0. The minimum Gasteiger partial charge on any atom is -0.423 e. The van der Waals surface area contributed by atoms with E-state index in [1.807, 2.05) is 13.8 Å². The van der Waals surface area contributed by atoms with E-state index >= 15 is 0 Å². The van der Waals surface area contributed by atoms with Gasteiger partial charge in [-0.1, -0.05) is 13.8 Å². The first-order chi connectivity index (χ1) is 6.58. The van der Waals surface area contributed by atoms with Crippen molar-refractivity contribution in [3.8, 4) is 5.75 Å². The lowest BCUT2D eigenvalue weighted by molar-refractivity contribution is -0.135. The summed E-state index contributed by atoms with van der Waals surface area (Å²) in [5.74, 6) is 0.307. The third kappa shape index (κ3) is 3.70. The smallest absolute Gasteiger partial charge is 0.311 e. The number of hydrogen-bond donors (Lipinski definition) is 0. The van der Waals surface area contributed by atoms with Gasteiger partial charge in [-0.3, -0.25) is 4.79 Å². The van der Waals surface area contributed by atoms with Crippen LogP contribution in [-0.4, -0.2) is 15.9 Å². The Labute approximate surface area is 87.3 Å². The highest BCUT2D eigenvalue weighted by atomic mass is 35.5. The molecule has 1 aromatic heterocycles. The summed E-state index contributed by atoms with van der Waals surface area (Å²) in [5, 5.41) is 0.133. The molecule has 76 valence electrons. The lowest BCUT2D eigenvalue weighted by Crippen LogP contribution is -2.11. The number of hydrogen-bond acceptors (Lipinski definition) is 4. The fraction of sp³-hybridized carbons (Fsp3) is 0.444. The second-order valence-corrected chi connectivity index (χ2v) is 3.60. The van der Waals surface area contributed by atoms with Crippen LogP contribution in [0.5, 0.6) is 5.75 Å². The number of carbonyl (C=O) groups is 1. The molecule has 1 aromatic rings. The molecule has 0 bridgehead atoms. The van der Waals surface area contributed by atoms with Crippen molar-refractivity contribution in [3.63, 3.8) is 0 Å². The van der Waals surface area contributed by atoms with Crippen molar-refractivity contribution in [1.29, 1.82) is 0 Å². The molecule has 5 heteroatoms. The van der Waals surface area contributed by atoms with Crippen LogP contribution in [-0.2, 0) is 4.79 Å². The molecule has 0 aromatic carbocycles. The average molecular weight is 215 g/mol. The molecule has 0 fully saturated rings. The van der Waals surface area contributed by atoms with Crippen LogP contribution in [0.2, 0.25) is 5.28 Å². The van der Waals surface area contributed by atoms with Crippen LogP contribution in [0.15, 0.2) is 12.4 Å². The molecule has 0 aliphatic carbocycles. The van der Waals surface area contributed by atoms with E-state index in [0.717, 1.165) is 0 Å². The third-order valence-corrected chi connectivity index (χ3v) is 1.60. The first-order valence-electron chi connectivity index (χ1n) is 4.26. The maximum absolute atomic E-state index is 11.2. The van der Waals surface area contributed by atoms with Crippen molar-refractivity contribution < 1.29 is 9.53 Å². The summed E-state index contributed by atoms with van der Waals surface area (Å²) in [4.78, 5) is 18.6.